The Morgan fingerprint density at radius 3 is 2.77 bits per heavy atom. The van der Waals surface area contributed by atoms with Gasteiger partial charge in [0.1, 0.15) is 17.9 Å². The van der Waals surface area contributed by atoms with Gasteiger partial charge < -0.3 is 29.7 Å². The summed E-state index contributed by atoms with van der Waals surface area (Å²) in [4.78, 5) is 15.8. The van der Waals surface area contributed by atoms with Gasteiger partial charge in [-0.2, -0.15) is 0 Å². The third kappa shape index (κ3) is 3.73. The molecule has 1 saturated carbocycles. The Morgan fingerprint density at radius 1 is 1.13 bits per heavy atom. The second-order valence-electron chi connectivity index (χ2n) is 8.46. The highest BCUT2D eigenvalue weighted by Gasteiger charge is 2.43. The highest BCUT2D eigenvalue weighted by atomic mass is 16.5. The van der Waals surface area contributed by atoms with E-state index in [2.05, 4.69) is 49.4 Å². The first kappa shape index (κ1) is 20.2. The van der Waals surface area contributed by atoms with Crippen LogP contribution in [0.3, 0.4) is 0 Å². The molecule has 1 saturated heterocycles. The number of ether oxygens (including phenoxy) is 1. The van der Waals surface area contributed by atoms with Gasteiger partial charge in [0.05, 0.1) is 25.1 Å². The molecule has 3 aromatic rings. The zero-order valence-electron chi connectivity index (χ0n) is 17.5. The second kappa shape index (κ2) is 8.41. The number of anilines is 2. The molecule has 9 heteroatoms. The Labute approximate surface area is 180 Å². The summed E-state index contributed by atoms with van der Waals surface area (Å²) in [5.41, 5.74) is 2.56. The molecular weight excluding hydrogens is 396 g/mol. The van der Waals surface area contributed by atoms with Crippen molar-refractivity contribution >= 4 is 22.7 Å². The maximum absolute atomic E-state index is 10.6. The third-order valence-corrected chi connectivity index (χ3v) is 6.52. The van der Waals surface area contributed by atoms with Gasteiger partial charge in [0, 0.05) is 37.8 Å². The van der Waals surface area contributed by atoms with Crippen molar-refractivity contribution in [3.8, 4) is 0 Å². The van der Waals surface area contributed by atoms with Crippen molar-refractivity contribution in [1.82, 2.24) is 19.5 Å². The number of hydrogen-bond donors (Lipinski definition) is 3. The number of fused-ring (bicyclic) bond motifs is 1. The molecule has 1 aliphatic carbocycles. The molecule has 9 nitrogen and oxygen atoms in total. The number of para-hydroxylation sites is 1. The quantitative estimate of drug-likeness (QED) is 0.546. The summed E-state index contributed by atoms with van der Waals surface area (Å²) in [6.07, 6.45) is 3.10. The van der Waals surface area contributed by atoms with E-state index in [1.165, 1.54) is 12.0 Å². The molecule has 0 spiro atoms. The van der Waals surface area contributed by atoms with Crippen molar-refractivity contribution < 1.29 is 14.9 Å². The van der Waals surface area contributed by atoms with Crippen LogP contribution in [-0.2, 0) is 4.74 Å². The van der Waals surface area contributed by atoms with Crippen LogP contribution in [0.1, 0.15) is 18.9 Å². The average molecular weight is 425 g/mol. The lowest BCUT2D eigenvalue weighted by molar-refractivity contribution is -0.00886. The van der Waals surface area contributed by atoms with Gasteiger partial charge in [-0.3, -0.25) is 0 Å². The van der Waals surface area contributed by atoms with E-state index in [0.29, 0.717) is 30.0 Å². The van der Waals surface area contributed by atoms with E-state index in [-0.39, 0.29) is 18.0 Å². The van der Waals surface area contributed by atoms with E-state index >= 15 is 0 Å². The molecule has 0 amide bonds. The van der Waals surface area contributed by atoms with Crippen molar-refractivity contribution in [3.63, 3.8) is 0 Å². The van der Waals surface area contributed by atoms with Crippen molar-refractivity contribution in [2.45, 2.75) is 37.1 Å². The van der Waals surface area contributed by atoms with E-state index in [1.54, 1.807) is 13.4 Å². The maximum atomic E-state index is 10.6. The van der Waals surface area contributed by atoms with Gasteiger partial charge in [-0.25, -0.2) is 15.0 Å². The van der Waals surface area contributed by atoms with Crippen molar-refractivity contribution in [1.29, 1.82) is 0 Å². The van der Waals surface area contributed by atoms with Crippen LogP contribution in [0.4, 0.5) is 11.5 Å². The van der Waals surface area contributed by atoms with Gasteiger partial charge in [-0.05, 0) is 25.0 Å². The van der Waals surface area contributed by atoms with Gasteiger partial charge in [-0.1, -0.05) is 18.2 Å². The van der Waals surface area contributed by atoms with Crippen LogP contribution in [0.2, 0.25) is 0 Å². The number of nitrogens with zero attached hydrogens (tertiary/aromatic N) is 5. The van der Waals surface area contributed by atoms with Gasteiger partial charge >= 0.3 is 0 Å². The molecule has 5 rings (SSSR count). The zero-order chi connectivity index (χ0) is 21.4. The largest absolute Gasteiger partial charge is 0.390 e. The number of benzene rings is 1. The highest BCUT2D eigenvalue weighted by Crippen LogP contribution is 2.37. The first-order chi connectivity index (χ1) is 15.2. The Hall–Kier alpha value is -2.75. The summed E-state index contributed by atoms with van der Waals surface area (Å²) in [6.45, 7) is 2.28. The number of nitrogens with one attached hydrogen (secondary N) is 1. The number of aromatic nitrogens is 4. The summed E-state index contributed by atoms with van der Waals surface area (Å²) in [6, 6.07) is 10.4. The van der Waals surface area contributed by atoms with Crippen molar-refractivity contribution in [3.05, 3.63) is 43.0 Å². The van der Waals surface area contributed by atoms with E-state index in [1.807, 2.05) is 10.6 Å². The van der Waals surface area contributed by atoms with E-state index in [9.17, 15) is 10.2 Å². The number of methoxy groups -OCH3 is 1. The number of rotatable bonds is 6. The van der Waals surface area contributed by atoms with Crippen LogP contribution >= 0.6 is 0 Å². The topological polar surface area (TPSA) is 109 Å². The summed E-state index contributed by atoms with van der Waals surface area (Å²) in [7, 11) is 1.60. The molecule has 2 aromatic heterocycles. The van der Waals surface area contributed by atoms with Crippen LogP contribution in [0.5, 0.6) is 0 Å². The van der Waals surface area contributed by atoms with Gasteiger partial charge in [-0.15, -0.1) is 0 Å². The van der Waals surface area contributed by atoms with Gasteiger partial charge in [0.15, 0.2) is 11.5 Å². The second-order valence-corrected chi connectivity index (χ2v) is 8.46. The number of aliphatic hydroxyl groups is 2. The number of hydrogen-bond acceptors (Lipinski definition) is 8. The first-order valence-corrected chi connectivity index (χ1v) is 10.7. The van der Waals surface area contributed by atoms with Gasteiger partial charge in [0.2, 0.25) is 0 Å². The molecule has 1 aliphatic heterocycles. The lowest BCUT2D eigenvalue weighted by Crippen LogP contribution is -2.30. The van der Waals surface area contributed by atoms with Crippen LogP contribution in [0, 0.1) is 5.92 Å². The minimum absolute atomic E-state index is 0.121. The minimum atomic E-state index is -0.891. The molecule has 3 N–H and O–H groups in total. The normalized spacial score (nSPS) is 28.5. The van der Waals surface area contributed by atoms with Crippen molar-refractivity contribution in [2.24, 2.45) is 5.92 Å². The Bertz CT molecular complexity index is 1030. The zero-order valence-corrected chi connectivity index (χ0v) is 17.5. The summed E-state index contributed by atoms with van der Waals surface area (Å²) < 4.78 is 7.05. The monoisotopic (exact) mass is 424 g/mol. The van der Waals surface area contributed by atoms with Crippen molar-refractivity contribution in [2.75, 3.05) is 37.0 Å². The average Bonchev–Trinajstić information content (AvgIpc) is 3.50. The Kier molecular flexibility index (Phi) is 5.47. The minimum Gasteiger partial charge on any atom is -0.390 e. The predicted octanol–water partition coefficient (Wildman–Crippen LogP) is 1.45. The van der Waals surface area contributed by atoms with Crippen LogP contribution in [0.25, 0.3) is 11.2 Å². The smallest absolute Gasteiger partial charge is 0.165 e. The van der Waals surface area contributed by atoms with E-state index in [4.69, 9.17) is 4.74 Å². The molecule has 2 aliphatic rings. The highest BCUT2D eigenvalue weighted by molar-refractivity contribution is 5.83. The molecule has 2 fully saturated rings. The Morgan fingerprint density at radius 2 is 1.97 bits per heavy atom. The maximum Gasteiger partial charge on any atom is 0.165 e. The lowest BCUT2D eigenvalue weighted by Gasteiger charge is -2.19. The molecule has 0 bridgehead atoms. The first-order valence-electron chi connectivity index (χ1n) is 10.7. The summed E-state index contributed by atoms with van der Waals surface area (Å²) >= 11 is 0. The van der Waals surface area contributed by atoms with E-state index < -0.39 is 12.2 Å². The molecular formula is C22H28N6O3. The molecule has 31 heavy (non-hydrogen) atoms. The van der Waals surface area contributed by atoms with Gasteiger partial charge in [0.25, 0.3) is 0 Å². The molecule has 5 atom stereocenters. The summed E-state index contributed by atoms with van der Waals surface area (Å²) in [5.74, 6) is 0.578. The van der Waals surface area contributed by atoms with E-state index in [0.717, 1.165) is 19.5 Å². The predicted molar refractivity (Wildman–Crippen MR) is 117 cm³/mol. The standard InChI is InChI=1S/C22H28N6O3/c1-31-11-14-9-17(20(30)19(14)29)28-13-25-18-21(23-12-24-22(18)28)26-15-7-8-27(10-15)16-5-3-2-4-6-16/h2-6,12-15,17,19-20,29-30H,7-11H2,1H3,(H,23,24,26)/t14-,15+,17-,19-,20+/m1/s1. The molecule has 3 heterocycles. The fourth-order valence-electron chi connectivity index (χ4n) is 4.90. The van der Waals surface area contributed by atoms with Crippen LogP contribution in [0.15, 0.2) is 43.0 Å². The van der Waals surface area contributed by atoms with Crippen LogP contribution < -0.4 is 10.2 Å². The summed E-state index contributed by atoms with van der Waals surface area (Å²) in [5, 5.41) is 24.5. The number of aliphatic hydroxyl groups excluding tert-OH is 2. The SMILES string of the molecule is COC[C@H]1C[C@@H](n2cnc3c(N[C@H]4CCN(c5ccccc5)C4)ncnc32)[C@H](O)[C@@H]1O. The fourth-order valence-corrected chi connectivity index (χ4v) is 4.90. The van der Waals surface area contributed by atoms with Crippen LogP contribution in [-0.4, -0.2) is 74.8 Å². The number of imidazole rings is 1. The Balaban J connectivity index is 1.35. The molecule has 164 valence electrons. The molecule has 0 unspecified atom stereocenters. The third-order valence-electron chi connectivity index (χ3n) is 6.52. The fraction of sp³-hybridized carbons (Fsp3) is 0.500. The lowest BCUT2D eigenvalue weighted by atomic mass is 10.1. The molecule has 1 aromatic carbocycles. The molecule has 0 radical (unpaired) electrons.